The predicted octanol–water partition coefficient (Wildman–Crippen LogP) is 9.59. The first-order valence-corrected chi connectivity index (χ1v) is 11.8. The van der Waals surface area contributed by atoms with Gasteiger partial charge in [-0.2, -0.15) is 0 Å². The largest absolute Gasteiger partial charge is 0.457 e. The Morgan fingerprint density at radius 2 is 0.926 bits per heavy atom. The first kappa shape index (κ1) is 23.8. The summed E-state index contributed by atoms with van der Waals surface area (Å²) in [5.74, 6) is 1.96. The summed E-state index contributed by atoms with van der Waals surface area (Å²) in [7, 11) is 0. The average molecular weight is 373 g/mol. The molecule has 0 aliphatic rings. The summed E-state index contributed by atoms with van der Waals surface area (Å²) in [6.07, 6.45) is 30.3. The van der Waals surface area contributed by atoms with Gasteiger partial charge in [-0.05, 0) is 50.0 Å². The SMILES string of the molecule is CCCCCCCCCC=Cc1ccc(C=CCCCCCCCCC)o1. The van der Waals surface area contributed by atoms with Crippen LogP contribution in [0.25, 0.3) is 12.2 Å². The van der Waals surface area contributed by atoms with E-state index >= 15 is 0 Å². The van der Waals surface area contributed by atoms with Gasteiger partial charge in [0.25, 0.3) is 0 Å². The minimum absolute atomic E-state index is 0.980. The van der Waals surface area contributed by atoms with Gasteiger partial charge in [-0.15, -0.1) is 0 Å². The molecule has 0 spiro atoms. The summed E-state index contributed by atoms with van der Waals surface area (Å²) in [5, 5.41) is 0. The second kappa shape index (κ2) is 18.1. The van der Waals surface area contributed by atoms with Crippen molar-refractivity contribution in [3.8, 4) is 0 Å². The number of hydrogen-bond donors (Lipinski definition) is 0. The second-order valence-corrected chi connectivity index (χ2v) is 7.86. The van der Waals surface area contributed by atoms with Gasteiger partial charge in [-0.1, -0.05) is 103 Å². The van der Waals surface area contributed by atoms with Gasteiger partial charge in [0.1, 0.15) is 11.5 Å². The molecule has 0 aliphatic carbocycles. The Morgan fingerprint density at radius 1 is 0.556 bits per heavy atom. The van der Waals surface area contributed by atoms with Gasteiger partial charge in [0.2, 0.25) is 0 Å². The van der Waals surface area contributed by atoms with Crippen molar-refractivity contribution in [2.24, 2.45) is 0 Å². The Bertz CT molecular complexity index is 438. The van der Waals surface area contributed by atoms with E-state index in [1.165, 1.54) is 89.9 Å². The molecule has 0 atom stereocenters. The van der Waals surface area contributed by atoms with Crippen molar-refractivity contribution in [2.45, 2.75) is 117 Å². The molecule has 27 heavy (non-hydrogen) atoms. The summed E-state index contributed by atoms with van der Waals surface area (Å²) in [4.78, 5) is 0. The third-order valence-electron chi connectivity index (χ3n) is 5.16. The number of allylic oxidation sites excluding steroid dienone is 2. The third-order valence-corrected chi connectivity index (χ3v) is 5.16. The van der Waals surface area contributed by atoms with Crippen molar-refractivity contribution in [2.75, 3.05) is 0 Å². The van der Waals surface area contributed by atoms with Crippen LogP contribution in [0, 0.1) is 0 Å². The monoisotopic (exact) mass is 372 g/mol. The lowest BCUT2D eigenvalue weighted by molar-refractivity contribution is 0.546. The molecule has 0 amide bonds. The molecule has 0 saturated carbocycles. The van der Waals surface area contributed by atoms with Crippen LogP contribution in [-0.4, -0.2) is 0 Å². The zero-order chi connectivity index (χ0) is 19.4. The molecular weight excluding hydrogens is 328 g/mol. The first-order valence-electron chi connectivity index (χ1n) is 11.8. The van der Waals surface area contributed by atoms with Gasteiger partial charge in [0.15, 0.2) is 0 Å². The van der Waals surface area contributed by atoms with Crippen LogP contribution in [0.1, 0.15) is 128 Å². The van der Waals surface area contributed by atoms with Crippen LogP contribution < -0.4 is 0 Å². The summed E-state index contributed by atoms with van der Waals surface area (Å²) in [6.45, 7) is 4.55. The molecule has 1 aromatic heterocycles. The molecule has 1 heterocycles. The van der Waals surface area contributed by atoms with E-state index in [-0.39, 0.29) is 0 Å². The average Bonchev–Trinajstić information content (AvgIpc) is 3.13. The van der Waals surface area contributed by atoms with Crippen LogP contribution in [0.3, 0.4) is 0 Å². The zero-order valence-electron chi connectivity index (χ0n) is 18.2. The van der Waals surface area contributed by atoms with E-state index in [0.717, 1.165) is 24.4 Å². The van der Waals surface area contributed by atoms with Crippen LogP contribution in [0.5, 0.6) is 0 Å². The summed E-state index contributed by atoms with van der Waals surface area (Å²) < 4.78 is 5.85. The van der Waals surface area contributed by atoms with Gasteiger partial charge in [0.05, 0.1) is 0 Å². The Morgan fingerprint density at radius 3 is 1.33 bits per heavy atom. The summed E-state index contributed by atoms with van der Waals surface area (Å²) in [5.41, 5.74) is 0. The number of hydrogen-bond acceptors (Lipinski definition) is 1. The fourth-order valence-electron chi connectivity index (χ4n) is 3.39. The van der Waals surface area contributed by atoms with E-state index in [2.05, 4.69) is 50.3 Å². The van der Waals surface area contributed by atoms with Gasteiger partial charge >= 0.3 is 0 Å². The highest BCUT2D eigenvalue weighted by atomic mass is 16.3. The predicted molar refractivity (Wildman–Crippen MR) is 122 cm³/mol. The molecule has 1 aromatic rings. The highest BCUT2D eigenvalue weighted by Crippen LogP contribution is 2.14. The highest BCUT2D eigenvalue weighted by molar-refractivity contribution is 5.49. The van der Waals surface area contributed by atoms with Crippen molar-refractivity contribution in [1.29, 1.82) is 0 Å². The Balaban J connectivity index is 2.04. The highest BCUT2D eigenvalue weighted by Gasteiger charge is 1.96. The van der Waals surface area contributed by atoms with Crippen LogP contribution >= 0.6 is 0 Å². The molecule has 0 N–H and O–H groups in total. The molecule has 0 bridgehead atoms. The van der Waals surface area contributed by atoms with Gasteiger partial charge in [0, 0.05) is 0 Å². The molecule has 1 rings (SSSR count). The standard InChI is InChI=1S/C26H44O/c1-3-5-7-9-11-13-15-17-19-21-25-23-24-26(27-25)22-20-18-16-14-12-10-8-6-4-2/h19-24H,3-18H2,1-2H3. The Hall–Kier alpha value is -1.24. The molecule has 0 fully saturated rings. The molecular formula is C26H44O. The Kier molecular flexibility index (Phi) is 16.0. The van der Waals surface area contributed by atoms with Crippen molar-refractivity contribution in [1.82, 2.24) is 0 Å². The van der Waals surface area contributed by atoms with E-state index in [1.807, 2.05) is 0 Å². The number of furan rings is 1. The van der Waals surface area contributed by atoms with E-state index in [9.17, 15) is 0 Å². The lowest BCUT2D eigenvalue weighted by atomic mass is 10.1. The summed E-state index contributed by atoms with van der Waals surface area (Å²) >= 11 is 0. The molecule has 1 heteroatoms. The zero-order valence-corrected chi connectivity index (χ0v) is 18.2. The molecule has 0 unspecified atom stereocenters. The number of rotatable bonds is 18. The van der Waals surface area contributed by atoms with E-state index in [0.29, 0.717) is 0 Å². The Labute approximate surface area is 169 Å². The smallest absolute Gasteiger partial charge is 0.127 e. The van der Waals surface area contributed by atoms with E-state index in [4.69, 9.17) is 4.42 Å². The first-order chi connectivity index (χ1) is 13.4. The normalized spacial score (nSPS) is 11.9. The van der Waals surface area contributed by atoms with Crippen molar-refractivity contribution >= 4 is 12.2 Å². The topological polar surface area (TPSA) is 13.1 Å². The molecule has 0 saturated heterocycles. The van der Waals surface area contributed by atoms with Gasteiger partial charge < -0.3 is 4.42 Å². The fourth-order valence-corrected chi connectivity index (χ4v) is 3.39. The maximum atomic E-state index is 5.85. The maximum Gasteiger partial charge on any atom is 0.127 e. The third kappa shape index (κ3) is 14.5. The number of unbranched alkanes of at least 4 members (excludes halogenated alkanes) is 14. The van der Waals surface area contributed by atoms with Crippen LogP contribution in [0.15, 0.2) is 28.7 Å². The van der Waals surface area contributed by atoms with Crippen molar-refractivity contribution in [3.63, 3.8) is 0 Å². The minimum Gasteiger partial charge on any atom is -0.457 e. The molecule has 1 nitrogen and oxygen atoms in total. The van der Waals surface area contributed by atoms with Gasteiger partial charge in [-0.3, -0.25) is 0 Å². The van der Waals surface area contributed by atoms with E-state index in [1.54, 1.807) is 0 Å². The van der Waals surface area contributed by atoms with Crippen molar-refractivity contribution < 1.29 is 4.42 Å². The molecule has 0 aliphatic heterocycles. The fraction of sp³-hybridized carbons (Fsp3) is 0.692. The van der Waals surface area contributed by atoms with E-state index < -0.39 is 0 Å². The van der Waals surface area contributed by atoms with Crippen LogP contribution in [0.4, 0.5) is 0 Å². The maximum absolute atomic E-state index is 5.85. The molecule has 0 radical (unpaired) electrons. The quantitative estimate of drug-likeness (QED) is 0.234. The lowest BCUT2D eigenvalue weighted by Crippen LogP contribution is -1.78. The minimum atomic E-state index is 0.980. The van der Waals surface area contributed by atoms with Crippen LogP contribution in [0.2, 0.25) is 0 Å². The molecule has 0 aromatic carbocycles. The second-order valence-electron chi connectivity index (χ2n) is 7.86. The summed E-state index contributed by atoms with van der Waals surface area (Å²) in [6, 6.07) is 4.16. The van der Waals surface area contributed by atoms with Gasteiger partial charge in [-0.25, -0.2) is 0 Å². The lowest BCUT2D eigenvalue weighted by Gasteiger charge is -1.98. The van der Waals surface area contributed by atoms with Crippen LogP contribution in [-0.2, 0) is 0 Å². The molecule has 154 valence electrons. The van der Waals surface area contributed by atoms with Crippen molar-refractivity contribution in [3.05, 3.63) is 35.8 Å².